The van der Waals surface area contributed by atoms with Crippen LogP contribution in [-0.4, -0.2) is 42.7 Å². The maximum atomic E-state index is 12.1. The van der Waals surface area contributed by atoms with Crippen LogP contribution in [0.2, 0.25) is 0 Å². The van der Waals surface area contributed by atoms with Gasteiger partial charge in [-0.1, -0.05) is 0 Å². The fourth-order valence-corrected chi connectivity index (χ4v) is 1.50. The average Bonchev–Trinajstić information content (AvgIpc) is 2.13. The normalized spacial score (nSPS) is 17.2. The lowest BCUT2D eigenvalue weighted by Gasteiger charge is -2.36. The Balaban J connectivity index is 4.43. The van der Waals surface area contributed by atoms with E-state index in [9.17, 15) is 13.2 Å². The van der Waals surface area contributed by atoms with E-state index >= 15 is 0 Å². The Morgan fingerprint density at radius 3 is 2.00 bits per heavy atom. The van der Waals surface area contributed by atoms with Crippen LogP contribution in [-0.2, 0) is 4.74 Å². The third-order valence-electron chi connectivity index (χ3n) is 2.43. The van der Waals surface area contributed by atoms with Gasteiger partial charge < -0.3 is 15.2 Å². The Bertz CT molecular complexity index is 219. The average molecular weight is 243 g/mol. The zero-order valence-electron chi connectivity index (χ0n) is 10.1. The molecule has 0 saturated carbocycles. The Kier molecular flexibility index (Phi) is 5.22. The van der Waals surface area contributed by atoms with E-state index in [4.69, 9.17) is 9.84 Å². The zero-order valence-corrected chi connectivity index (χ0v) is 10.1. The van der Waals surface area contributed by atoms with Gasteiger partial charge in [0.1, 0.15) is 0 Å². The molecule has 0 aromatic heterocycles. The zero-order chi connectivity index (χ0) is 13.0. The lowest BCUT2D eigenvalue weighted by molar-refractivity contribution is -0.131. The van der Waals surface area contributed by atoms with Crippen LogP contribution in [0.25, 0.3) is 0 Å². The summed E-state index contributed by atoms with van der Waals surface area (Å²) in [6, 6.07) is 0. The molecule has 0 bridgehead atoms. The quantitative estimate of drug-likeness (QED) is 0.746. The third kappa shape index (κ3) is 6.30. The summed E-state index contributed by atoms with van der Waals surface area (Å²) in [6.07, 6.45) is -4.00. The number of ether oxygens (including phenoxy) is 1. The molecule has 0 aromatic carbocycles. The van der Waals surface area contributed by atoms with E-state index in [1.807, 2.05) is 0 Å². The molecule has 2 N–H and O–H groups in total. The fourth-order valence-electron chi connectivity index (χ4n) is 1.50. The fraction of sp³-hybridized carbons (Fsp3) is 1.00. The maximum Gasteiger partial charge on any atom is 0.401 e. The summed E-state index contributed by atoms with van der Waals surface area (Å²) >= 11 is 0. The highest BCUT2D eigenvalue weighted by Gasteiger charge is 2.36. The molecule has 1 atom stereocenters. The minimum Gasteiger partial charge on any atom is -0.394 e. The highest BCUT2D eigenvalue weighted by Crippen LogP contribution is 2.24. The van der Waals surface area contributed by atoms with Crippen molar-refractivity contribution in [1.29, 1.82) is 0 Å². The molecule has 0 saturated heterocycles. The minimum absolute atomic E-state index is 0.281. The first-order valence-electron chi connectivity index (χ1n) is 5.01. The summed E-state index contributed by atoms with van der Waals surface area (Å²) in [6.45, 7) is 3.56. The van der Waals surface area contributed by atoms with E-state index in [0.29, 0.717) is 0 Å². The maximum absolute atomic E-state index is 12.1. The highest BCUT2D eigenvalue weighted by atomic mass is 19.4. The van der Waals surface area contributed by atoms with Crippen LogP contribution >= 0.6 is 0 Å². The van der Waals surface area contributed by atoms with Crippen molar-refractivity contribution in [3.05, 3.63) is 0 Å². The van der Waals surface area contributed by atoms with Crippen molar-refractivity contribution in [2.75, 3.05) is 20.3 Å². The second-order valence-electron chi connectivity index (χ2n) is 4.83. The van der Waals surface area contributed by atoms with Crippen LogP contribution in [0.15, 0.2) is 0 Å². The van der Waals surface area contributed by atoms with Gasteiger partial charge in [0.25, 0.3) is 0 Å². The van der Waals surface area contributed by atoms with Gasteiger partial charge in [0.2, 0.25) is 0 Å². The van der Waals surface area contributed by atoms with Crippen LogP contribution in [0.3, 0.4) is 0 Å². The Hall–Kier alpha value is -0.330. The van der Waals surface area contributed by atoms with Gasteiger partial charge in [0.15, 0.2) is 0 Å². The second kappa shape index (κ2) is 5.33. The summed E-state index contributed by atoms with van der Waals surface area (Å²) < 4.78 is 41.3. The predicted molar refractivity (Wildman–Crippen MR) is 55.3 cm³/mol. The van der Waals surface area contributed by atoms with Gasteiger partial charge in [-0.2, -0.15) is 13.2 Å². The molecule has 3 nitrogen and oxygen atoms in total. The molecule has 0 radical (unpaired) electrons. The Morgan fingerprint density at radius 1 is 1.19 bits per heavy atom. The molecule has 0 aromatic rings. The number of rotatable bonds is 6. The largest absolute Gasteiger partial charge is 0.401 e. The number of aliphatic hydroxyl groups excluding tert-OH is 1. The molecule has 0 aliphatic heterocycles. The summed E-state index contributed by atoms with van der Waals surface area (Å²) in [5, 5.41) is 11.5. The van der Waals surface area contributed by atoms with Crippen LogP contribution < -0.4 is 5.32 Å². The Labute approximate surface area is 94.0 Å². The number of hydrogen-bond donors (Lipinski definition) is 2. The van der Waals surface area contributed by atoms with Gasteiger partial charge in [-0.15, -0.1) is 0 Å². The lowest BCUT2D eigenvalue weighted by atomic mass is 9.88. The predicted octanol–water partition coefficient (Wildman–Crippen LogP) is 1.70. The van der Waals surface area contributed by atoms with Crippen LogP contribution in [0, 0.1) is 0 Å². The number of nitrogens with one attached hydrogen (secondary N) is 1. The van der Waals surface area contributed by atoms with E-state index in [1.165, 1.54) is 7.11 Å². The monoisotopic (exact) mass is 243 g/mol. The third-order valence-corrected chi connectivity index (χ3v) is 2.43. The molecular weight excluding hydrogens is 223 g/mol. The van der Waals surface area contributed by atoms with Gasteiger partial charge in [-0.05, 0) is 27.2 Å². The lowest BCUT2D eigenvalue weighted by Crippen LogP contribution is -2.53. The van der Waals surface area contributed by atoms with E-state index in [1.54, 1.807) is 20.8 Å². The van der Waals surface area contributed by atoms with Crippen LogP contribution in [0.5, 0.6) is 0 Å². The summed E-state index contributed by atoms with van der Waals surface area (Å²) in [4.78, 5) is 0. The number of aliphatic hydroxyl groups is 1. The summed E-state index contributed by atoms with van der Waals surface area (Å²) in [7, 11) is 1.49. The smallest absolute Gasteiger partial charge is 0.394 e. The molecule has 16 heavy (non-hydrogen) atoms. The van der Waals surface area contributed by atoms with Gasteiger partial charge in [-0.25, -0.2) is 0 Å². The van der Waals surface area contributed by atoms with Crippen molar-refractivity contribution >= 4 is 0 Å². The molecule has 1 unspecified atom stereocenters. The first kappa shape index (κ1) is 15.7. The molecule has 0 amide bonds. The number of hydrogen-bond acceptors (Lipinski definition) is 3. The molecule has 98 valence electrons. The molecule has 0 spiro atoms. The standard InChI is InChI=1S/C10H20F3NO2/c1-8(2,16-4)5-9(3,7-15)14-6-10(11,12)13/h14-15H,5-7H2,1-4H3. The first-order valence-corrected chi connectivity index (χ1v) is 5.01. The minimum atomic E-state index is -4.28. The van der Waals surface area contributed by atoms with Crippen molar-refractivity contribution in [3.63, 3.8) is 0 Å². The van der Waals surface area contributed by atoms with Crippen molar-refractivity contribution in [2.24, 2.45) is 0 Å². The summed E-state index contributed by atoms with van der Waals surface area (Å²) in [5.41, 5.74) is -1.59. The number of alkyl halides is 3. The molecular formula is C10H20F3NO2. The topological polar surface area (TPSA) is 41.5 Å². The molecule has 6 heteroatoms. The molecule has 0 rings (SSSR count). The van der Waals surface area contributed by atoms with Gasteiger partial charge in [0.05, 0.1) is 18.8 Å². The molecule has 0 aliphatic rings. The van der Waals surface area contributed by atoms with Crippen molar-refractivity contribution < 1.29 is 23.0 Å². The first-order chi connectivity index (χ1) is 7.04. The van der Waals surface area contributed by atoms with Gasteiger partial charge >= 0.3 is 6.18 Å². The van der Waals surface area contributed by atoms with E-state index in [2.05, 4.69) is 5.32 Å². The van der Waals surface area contributed by atoms with E-state index in [0.717, 1.165) is 0 Å². The van der Waals surface area contributed by atoms with Crippen LogP contribution in [0.1, 0.15) is 27.2 Å². The second-order valence-corrected chi connectivity index (χ2v) is 4.83. The molecule has 0 fully saturated rings. The van der Waals surface area contributed by atoms with Gasteiger partial charge in [0, 0.05) is 12.6 Å². The van der Waals surface area contributed by atoms with E-state index < -0.39 is 23.9 Å². The SMILES string of the molecule is COC(C)(C)CC(C)(CO)NCC(F)(F)F. The van der Waals surface area contributed by atoms with Crippen LogP contribution in [0.4, 0.5) is 13.2 Å². The Morgan fingerprint density at radius 2 is 1.69 bits per heavy atom. The van der Waals surface area contributed by atoms with Gasteiger partial charge in [-0.3, -0.25) is 0 Å². The number of halogens is 3. The van der Waals surface area contributed by atoms with Crippen molar-refractivity contribution in [1.82, 2.24) is 5.32 Å². The highest BCUT2D eigenvalue weighted by molar-refractivity contribution is 4.90. The van der Waals surface area contributed by atoms with Crippen molar-refractivity contribution in [2.45, 2.75) is 44.5 Å². The summed E-state index contributed by atoms with van der Waals surface area (Å²) in [5.74, 6) is 0. The molecule has 0 aliphatic carbocycles. The molecule has 0 heterocycles. The van der Waals surface area contributed by atoms with E-state index in [-0.39, 0.29) is 13.0 Å². The van der Waals surface area contributed by atoms with Crippen molar-refractivity contribution in [3.8, 4) is 0 Å². The number of methoxy groups -OCH3 is 1.